The summed E-state index contributed by atoms with van der Waals surface area (Å²) >= 11 is 6.70. The van der Waals surface area contributed by atoms with Crippen molar-refractivity contribution in [3.8, 4) is 0 Å². The summed E-state index contributed by atoms with van der Waals surface area (Å²) < 4.78 is 27.4. The van der Waals surface area contributed by atoms with Crippen LogP contribution in [0.15, 0.2) is 28.5 Å². The second-order valence-electron chi connectivity index (χ2n) is 4.72. The molecule has 0 aliphatic heterocycles. The van der Waals surface area contributed by atoms with Crippen LogP contribution >= 0.6 is 22.9 Å². The van der Waals surface area contributed by atoms with Gasteiger partial charge in [-0.15, -0.1) is 0 Å². The van der Waals surface area contributed by atoms with Crippen LogP contribution in [-0.4, -0.2) is 13.4 Å². The van der Waals surface area contributed by atoms with E-state index < -0.39 is 10.0 Å². The Bertz CT molecular complexity index is 706. The van der Waals surface area contributed by atoms with Crippen LogP contribution in [0.2, 0.25) is 4.47 Å². The van der Waals surface area contributed by atoms with Gasteiger partial charge in [0.25, 0.3) is 10.0 Å². The first kappa shape index (κ1) is 15.3. The lowest BCUT2D eigenvalue weighted by Gasteiger charge is -2.09. The highest BCUT2D eigenvalue weighted by molar-refractivity contribution is 7.94. The summed E-state index contributed by atoms with van der Waals surface area (Å²) in [6, 6.07) is 7.33. The number of rotatable bonds is 4. The van der Waals surface area contributed by atoms with E-state index in [1.165, 1.54) is 0 Å². The van der Waals surface area contributed by atoms with Crippen molar-refractivity contribution in [3.63, 3.8) is 0 Å². The van der Waals surface area contributed by atoms with Gasteiger partial charge in [0, 0.05) is 5.69 Å². The van der Waals surface area contributed by atoms with Gasteiger partial charge in [0.1, 0.15) is 0 Å². The van der Waals surface area contributed by atoms with Crippen molar-refractivity contribution in [1.82, 2.24) is 4.98 Å². The molecule has 0 radical (unpaired) electrons. The molecule has 1 heterocycles. The molecule has 20 heavy (non-hydrogen) atoms. The lowest BCUT2D eigenvalue weighted by molar-refractivity contribution is 0.602. The quantitative estimate of drug-likeness (QED) is 0.920. The van der Waals surface area contributed by atoms with E-state index >= 15 is 0 Å². The van der Waals surface area contributed by atoms with E-state index in [4.69, 9.17) is 11.6 Å². The third-order valence-corrected chi connectivity index (χ3v) is 6.05. The van der Waals surface area contributed by atoms with E-state index in [0.717, 1.165) is 16.9 Å². The Labute approximate surface area is 127 Å². The number of nitrogens with one attached hydrogen (secondary N) is 1. The maximum Gasteiger partial charge on any atom is 0.273 e. The van der Waals surface area contributed by atoms with Gasteiger partial charge in [-0.2, -0.15) is 0 Å². The van der Waals surface area contributed by atoms with E-state index in [-0.39, 0.29) is 8.68 Å². The molecule has 1 N–H and O–H groups in total. The maximum atomic E-state index is 12.3. The van der Waals surface area contributed by atoms with E-state index in [2.05, 4.69) is 23.6 Å². The summed E-state index contributed by atoms with van der Waals surface area (Å²) in [6.07, 6.45) is 0. The summed E-state index contributed by atoms with van der Waals surface area (Å²) in [5.41, 5.74) is 2.09. The monoisotopic (exact) mass is 330 g/mol. The number of aryl methyl sites for hydroxylation is 1. The molecule has 4 nitrogen and oxygen atoms in total. The van der Waals surface area contributed by atoms with Crippen LogP contribution in [0, 0.1) is 6.92 Å². The van der Waals surface area contributed by atoms with Gasteiger partial charge in [-0.1, -0.05) is 48.9 Å². The fourth-order valence-electron chi connectivity index (χ4n) is 1.74. The highest BCUT2D eigenvalue weighted by atomic mass is 35.5. The molecular formula is C13H15ClN2O2S2. The molecule has 108 valence electrons. The number of thiazole rings is 1. The SMILES string of the molecule is Cc1nc(Cl)sc1S(=O)(=O)Nc1ccc(C(C)C)cc1. The number of nitrogens with zero attached hydrogens (tertiary/aromatic N) is 1. The molecule has 2 aromatic rings. The van der Waals surface area contributed by atoms with Gasteiger partial charge in [0.05, 0.1) is 5.69 Å². The number of aromatic nitrogens is 1. The molecule has 0 bridgehead atoms. The largest absolute Gasteiger partial charge is 0.279 e. The number of sulfonamides is 1. The molecule has 1 aromatic heterocycles. The predicted molar refractivity (Wildman–Crippen MR) is 83.2 cm³/mol. The molecule has 2 rings (SSSR count). The van der Waals surface area contributed by atoms with Crippen molar-refractivity contribution in [3.05, 3.63) is 40.0 Å². The first-order valence-corrected chi connectivity index (χ1v) is 8.73. The highest BCUT2D eigenvalue weighted by Gasteiger charge is 2.21. The minimum absolute atomic E-state index is 0.149. The summed E-state index contributed by atoms with van der Waals surface area (Å²) in [7, 11) is -3.63. The molecule has 0 saturated carbocycles. The number of halogens is 1. The van der Waals surface area contributed by atoms with Crippen molar-refractivity contribution >= 4 is 38.6 Å². The van der Waals surface area contributed by atoms with Gasteiger partial charge in [0.15, 0.2) is 8.68 Å². The van der Waals surface area contributed by atoms with Crippen LogP contribution in [0.5, 0.6) is 0 Å². The van der Waals surface area contributed by atoms with Crippen LogP contribution < -0.4 is 4.72 Å². The highest BCUT2D eigenvalue weighted by Crippen LogP contribution is 2.28. The number of hydrogen-bond donors (Lipinski definition) is 1. The van der Waals surface area contributed by atoms with Crippen LogP contribution in [0.4, 0.5) is 5.69 Å². The molecular weight excluding hydrogens is 316 g/mol. The Balaban J connectivity index is 2.26. The van der Waals surface area contributed by atoms with Gasteiger partial charge >= 0.3 is 0 Å². The van der Waals surface area contributed by atoms with E-state index in [1.54, 1.807) is 19.1 Å². The molecule has 0 aliphatic carbocycles. The van der Waals surface area contributed by atoms with Crippen LogP contribution in [0.3, 0.4) is 0 Å². The molecule has 0 fully saturated rings. The molecule has 0 aliphatic rings. The predicted octanol–water partition coefficient (Wildman–Crippen LogP) is 4.03. The van der Waals surface area contributed by atoms with Crippen molar-refractivity contribution in [2.24, 2.45) is 0 Å². The first-order valence-electron chi connectivity index (χ1n) is 6.05. The minimum atomic E-state index is -3.63. The number of anilines is 1. The average molecular weight is 331 g/mol. The summed E-state index contributed by atoms with van der Waals surface area (Å²) in [4.78, 5) is 3.92. The standard InChI is InChI=1S/C13H15ClN2O2S2/c1-8(2)10-4-6-11(7-5-10)16-20(17,18)12-9(3)15-13(14)19-12/h4-8,16H,1-3H3. The first-order chi connectivity index (χ1) is 9.29. The maximum absolute atomic E-state index is 12.3. The van der Waals surface area contributed by atoms with Crippen molar-refractivity contribution in [2.45, 2.75) is 30.9 Å². The molecule has 1 aromatic carbocycles. The molecule has 0 atom stereocenters. The fourth-order valence-corrected chi connectivity index (χ4v) is 4.54. The Kier molecular flexibility index (Phi) is 4.36. The Morgan fingerprint density at radius 2 is 1.85 bits per heavy atom. The summed E-state index contributed by atoms with van der Waals surface area (Å²) in [6.45, 7) is 5.79. The average Bonchev–Trinajstić information content (AvgIpc) is 2.69. The van der Waals surface area contributed by atoms with Gasteiger partial charge < -0.3 is 0 Å². The third kappa shape index (κ3) is 3.31. The zero-order valence-corrected chi connectivity index (χ0v) is 13.7. The van der Waals surface area contributed by atoms with E-state index in [1.807, 2.05) is 12.1 Å². The van der Waals surface area contributed by atoms with E-state index in [9.17, 15) is 8.42 Å². The lowest BCUT2D eigenvalue weighted by Crippen LogP contribution is -2.12. The van der Waals surface area contributed by atoms with Crippen molar-refractivity contribution in [1.29, 1.82) is 0 Å². The Morgan fingerprint density at radius 3 is 2.30 bits per heavy atom. The van der Waals surface area contributed by atoms with Crippen LogP contribution in [-0.2, 0) is 10.0 Å². The minimum Gasteiger partial charge on any atom is -0.279 e. The molecule has 0 spiro atoms. The van der Waals surface area contributed by atoms with Crippen molar-refractivity contribution < 1.29 is 8.42 Å². The summed E-state index contributed by atoms with van der Waals surface area (Å²) in [5.74, 6) is 0.406. The number of benzene rings is 1. The molecule has 0 unspecified atom stereocenters. The van der Waals surface area contributed by atoms with Crippen molar-refractivity contribution in [2.75, 3.05) is 4.72 Å². The molecule has 0 amide bonds. The van der Waals surface area contributed by atoms with Gasteiger partial charge in [-0.3, -0.25) is 4.72 Å². The van der Waals surface area contributed by atoms with Crippen LogP contribution in [0.25, 0.3) is 0 Å². The molecule has 7 heteroatoms. The summed E-state index contributed by atoms with van der Waals surface area (Å²) in [5, 5.41) is 0. The third-order valence-electron chi connectivity index (χ3n) is 2.80. The van der Waals surface area contributed by atoms with Gasteiger partial charge in [-0.25, -0.2) is 13.4 Å². The topological polar surface area (TPSA) is 59.1 Å². The fraction of sp³-hybridized carbons (Fsp3) is 0.308. The van der Waals surface area contributed by atoms with Gasteiger partial charge in [0.2, 0.25) is 0 Å². The zero-order chi connectivity index (χ0) is 14.9. The van der Waals surface area contributed by atoms with E-state index in [0.29, 0.717) is 17.3 Å². The smallest absolute Gasteiger partial charge is 0.273 e. The second-order valence-corrected chi connectivity index (χ2v) is 8.18. The Morgan fingerprint density at radius 1 is 1.25 bits per heavy atom. The number of hydrogen-bond acceptors (Lipinski definition) is 4. The second kappa shape index (κ2) is 5.71. The Hall–Kier alpha value is -1.11. The van der Waals surface area contributed by atoms with Crippen LogP contribution in [0.1, 0.15) is 31.0 Å². The molecule has 0 saturated heterocycles. The normalized spacial score (nSPS) is 11.8. The lowest BCUT2D eigenvalue weighted by atomic mass is 10.0. The zero-order valence-electron chi connectivity index (χ0n) is 11.3. The van der Waals surface area contributed by atoms with Gasteiger partial charge in [-0.05, 0) is 30.5 Å².